The molecule has 0 bridgehead atoms. The Hall–Kier alpha value is -1.13. The van der Waals surface area contributed by atoms with E-state index in [0.29, 0.717) is 23.7 Å². The number of likely N-dealkylation sites (tertiary alicyclic amines) is 1. The second kappa shape index (κ2) is 7.93. The Morgan fingerprint density at radius 2 is 2.14 bits per heavy atom. The van der Waals surface area contributed by atoms with E-state index in [9.17, 15) is 9.18 Å². The van der Waals surface area contributed by atoms with Crippen molar-refractivity contribution in [3.8, 4) is 0 Å². The molecule has 1 fully saturated rings. The number of rotatable bonds is 5. The number of hydrogen-bond acceptors (Lipinski definition) is 2. The highest BCUT2D eigenvalue weighted by Gasteiger charge is 2.28. The molecule has 2 rings (SSSR count). The molecule has 1 saturated heterocycles. The summed E-state index contributed by atoms with van der Waals surface area (Å²) in [4.78, 5) is 16.5. The highest BCUT2D eigenvalue weighted by atomic mass is 35.5. The number of hydrogen-bond donors (Lipinski definition) is 0. The predicted octanol–water partition coefficient (Wildman–Crippen LogP) is 3.56. The van der Waals surface area contributed by atoms with Crippen LogP contribution in [0, 0.1) is 11.7 Å². The van der Waals surface area contributed by atoms with Crippen LogP contribution in [0.25, 0.3) is 0 Å². The molecule has 1 aromatic carbocycles. The molecule has 1 heterocycles. The minimum absolute atomic E-state index is 0.0131. The molecule has 0 saturated carbocycles. The quantitative estimate of drug-likeness (QED) is 0.826. The van der Waals surface area contributed by atoms with Crippen molar-refractivity contribution in [3.63, 3.8) is 0 Å². The summed E-state index contributed by atoms with van der Waals surface area (Å²) in [6.45, 7) is 7.51. The highest BCUT2D eigenvalue weighted by Crippen LogP contribution is 2.25. The van der Waals surface area contributed by atoms with Crippen LogP contribution in [-0.4, -0.2) is 41.9 Å². The van der Waals surface area contributed by atoms with Gasteiger partial charge in [0.15, 0.2) is 0 Å². The highest BCUT2D eigenvalue weighted by molar-refractivity contribution is 6.31. The Balaban J connectivity index is 2.03. The molecular formula is C17H24ClFN2O. The maximum Gasteiger partial charge on any atom is 0.226 e. The van der Waals surface area contributed by atoms with Crippen molar-refractivity contribution in [1.29, 1.82) is 0 Å². The Labute approximate surface area is 137 Å². The van der Waals surface area contributed by atoms with Gasteiger partial charge < -0.3 is 4.90 Å². The number of piperidine rings is 1. The summed E-state index contributed by atoms with van der Waals surface area (Å²) in [5.41, 5.74) is 0.528. The third kappa shape index (κ3) is 3.99. The van der Waals surface area contributed by atoms with Crippen LogP contribution < -0.4 is 0 Å². The molecule has 0 radical (unpaired) electrons. The second-order valence-electron chi connectivity index (χ2n) is 5.79. The van der Waals surface area contributed by atoms with Gasteiger partial charge in [-0.15, -0.1) is 0 Å². The van der Waals surface area contributed by atoms with Crippen molar-refractivity contribution in [2.24, 2.45) is 5.92 Å². The van der Waals surface area contributed by atoms with Crippen molar-refractivity contribution in [2.75, 3.05) is 26.2 Å². The van der Waals surface area contributed by atoms with Gasteiger partial charge in [-0.25, -0.2) is 4.39 Å². The van der Waals surface area contributed by atoms with Crippen LogP contribution in [0.3, 0.4) is 0 Å². The Kier molecular flexibility index (Phi) is 6.21. The molecule has 3 nitrogen and oxygen atoms in total. The van der Waals surface area contributed by atoms with Crippen LogP contribution in [0.1, 0.15) is 32.3 Å². The van der Waals surface area contributed by atoms with Gasteiger partial charge in [0.1, 0.15) is 5.82 Å². The lowest BCUT2D eigenvalue weighted by Crippen LogP contribution is -2.44. The van der Waals surface area contributed by atoms with E-state index in [1.165, 1.54) is 6.07 Å². The smallest absolute Gasteiger partial charge is 0.226 e. The SMILES string of the molecule is CCN(CC)C(=O)[C@@H]1CCCN(Cc2c(F)cccc2Cl)C1. The topological polar surface area (TPSA) is 23.6 Å². The number of carbonyl (C=O) groups excluding carboxylic acids is 1. The number of nitrogens with zero attached hydrogens (tertiary/aromatic N) is 2. The molecule has 1 aliphatic heterocycles. The molecule has 1 aromatic rings. The zero-order chi connectivity index (χ0) is 16.1. The molecule has 0 spiro atoms. The lowest BCUT2D eigenvalue weighted by Gasteiger charge is -2.34. The number of carbonyl (C=O) groups is 1. The summed E-state index contributed by atoms with van der Waals surface area (Å²) < 4.78 is 13.9. The first kappa shape index (κ1) is 17.2. The molecule has 0 N–H and O–H groups in total. The first-order valence-electron chi connectivity index (χ1n) is 8.00. The van der Waals surface area contributed by atoms with Gasteiger partial charge in [0, 0.05) is 36.8 Å². The maximum atomic E-state index is 13.9. The fraction of sp³-hybridized carbons (Fsp3) is 0.588. The summed E-state index contributed by atoms with van der Waals surface area (Å²) in [7, 11) is 0. The van der Waals surface area contributed by atoms with E-state index in [1.54, 1.807) is 12.1 Å². The fourth-order valence-corrected chi connectivity index (χ4v) is 3.32. The third-order valence-electron chi connectivity index (χ3n) is 4.37. The molecule has 122 valence electrons. The van der Waals surface area contributed by atoms with E-state index in [0.717, 1.165) is 32.5 Å². The van der Waals surface area contributed by atoms with Gasteiger partial charge in [-0.05, 0) is 45.4 Å². The maximum absolute atomic E-state index is 13.9. The van der Waals surface area contributed by atoms with Gasteiger partial charge in [-0.2, -0.15) is 0 Å². The molecule has 1 atom stereocenters. The monoisotopic (exact) mass is 326 g/mol. The van der Waals surface area contributed by atoms with Crippen LogP contribution in [0.4, 0.5) is 4.39 Å². The average molecular weight is 327 g/mol. The first-order valence-corrected chi connectivity index (χ1v) is 8.38. The largest absolute Gasteiger partial charge is 0.343 e. The van der Waals surface area contributed by atoms with Gasteiger partial charge in [-0.3, -0.25) is 9.69 Å². The lowest BCUT2D eigenvalue weighted by molar-refractivity contribution is -0.137. The van der Waals surface area contributed by atoms with Gasteiger partial charge in [0.2, 0.25) is 5.91 Å². The molecule has 1 aliphatic rings. The summed E-state index contributed by atoms with van der Waals surface area (Å²) in [6, 6.07) is 4.76. The lowest BCUT2D eigenvalue weighted by atomic mass is 9.96. The van der Waals surface area contributed by atoms with E-state index in [4.69, 9.17) is 11.6 Å². The number of halogens is 2. The van der Waals surface area contributed by atoms with E-state index in [2.05, 4.69) is 4.90 Å². The number of amides is 1. The first-order chi connectivity index (χ1) is 10.6. The molecule has 0 unspecified atom stereocenters. The van der Waals surface area contributed by atoms with Crippen LogP contribution in [0.2, 0.25) is 5.02 Å². The van der Waals surface area contributed by atoms with Crippen LogP contribution in [-0.2, 0) is 11.3 Å². The van der Waals surface area contributed by atoms with Crippen LogP contribution >= 0.6 is 11.6 Å². The van der Waals surface area contributed by atoms with Crippen molar-refractivity contribution in [1.82, 2.24) is 9.80 Å². The third-order valence-corrected chi connectivity index (χ3v) is 4.73. The zero-order valence-electron chi connectivity index (χ0n) is 13.3. The van der Waals surface area contributed by atoms with Crippen molar-refractivity contribution in [2.45, 2.75) is 33.2 Å². The van der Waals surface area contributed by atoms with E-state index in [-0.39, 0.29) is 17.6 Å². The normalized spacial score (nSPS) is 19.2. The summed E-state index contributed by atoms with van der Waals surface area (Å²) in [5.74, 6) is -0.0433. The molecule has 0 aromatic heterocycles. The Morgan fingerprint density at radius 3 is 2.77 bits per heavy atom. The molecule has 5 heteroatoms. The van der Waals surface area contributed by atoms with Gasteiger partial charge in [0.25, 0.3) is 0 Å². The molecular weight excluding hydrogens is 303 g/mol. The predicted molar refractivity (Wildman–Crippen MR) is 87.3 cm³/mol. The zero-order valence-corrected chi connectivity index (χ0v) is 14.1. The van der Waals surface area contributed by atoms with E-state index < -0.39 is 0 Å². The van der Waals surface area contributed by atoms with Crippen molar-refractivity contribution < 1.29 is 9.18 Å². The Bertz CT molecular complexity index is 499. The van der Waals surface area contributed by atoms with E-state index in [1.807, 2.05) is 18.7 Å². The summed E-state index contributed by atoms with van der Waals surface area (Å²) in [6.07, 6.45) is 1.88. The molecule has 22 heavy (non-hydrogen) atoms. The summed E-state index contributed by atoms with van der Waals surface area (Å²) >= 11 is 6.10. The molecule has 0 aliphatic carbocycles. The van der Waals surface area contributed by atoms with Crippen LogP contribution in [0.5, 0.6) is 0 Å². The van der Waals surface area contributed by atoms with E-state index >= 15 is 0 Å². The van der Waals surface area contributed by atoms with Gasteiger partial charge in [-0.1, -0.05) is 17.7 Å². The summed E-state index contributed by atoms with van der Waals surface area (Å²) in [5, 5.41) is 0.456. The van der Waals surface area contributed by atoms with Crippen molar-refractivity contribution >= 4 is 17.5 Å². The molecule has 1 amide bonds. The number of benzene rings is 1. The standard InChI is InChI=1S/C17H24ClFN2O/c1-3-21(4-2)17(22)13-7-6-10-20(11-13)12-14-15(18)8-5-9-16(14)19/h5,8-9,13H,3-4,6-7,10-12H2,1-2H3/t13-/m1/s1. The van der Waals surface area contributed by atoms with Gasteiger partial charge >= 0.3 is 0 Å². The van der Waals surface area contributed by atoms with Gasteiger partial charge in [0.05, 0.1) is 5.92 Å². The van der Waals surface area contributed by atoms with Crippen molar-refractivity contribution in [3.05, 3.63) is 34.6 Å². The minimum Gasteiger partial charge on any atom is -0.343 e. The Morgan fingerprint density at radius 1 is 1.41 bits per heavy atom. The fourth-order valence-electron chi connectivity index (χ4n) is 3.10. The average Bonchev–Trinajstić information content (AvgIpc) is 2.52. The van der Waals surface area contributed by atoms with Crippen LogP contribution in [0.15, 0.2) is 18.2 Å². The minimum atomic E-state index is -0.273. The second-order valence-corrected chi connectivity index (χ2v) is 6.19.